The van der Waals surface area contributed by atoms with Crippen molar-refractivity contribution in [1.82, 2.24) is 5.32 Å². The van der Waals surface area contributed by atoms with Gasteiger partial charge in [-0.3, -0.25) is 14.4 Å². The zero-order valence-corrected chi connectivity index (χ0v) is 36.6. The first-order valence-corrected chi connectivity index (χ1v) is 21.1. The second kappa shape index (κ2) is 25.1. The molecule has 344 valence electrons. The molecule has 0 unspecified atom stereocenters. The average molecular weight is 882 g/mol. The number of unbranched alkanes of at least 4 members (excludes halogenated alkanes) is 8. The predicted molar refractivity (Wildman–Crippen MR) is 226 cm³/mol. The summed E-state index contributed by atoms with van der Waals surface area (Å²) in [6, 6.07) is 4.96. The van der Waals surface area contributed by atoms with E-state index in [2.05, 4.69) is 24.1 Å². The van der Waals surface area contributed by atoms with E-state index in [9.17, 15) is 48.9 Å². The highest BCUT2D eigenvalue weighted by atomic mass is 16.6. The van der Waals surface area contributed by atoms with Gasteiger partial charge in [0.2, 0.25) is 5.91 Å². The minimum Gasteiger partial charge on any atom is -0.481 e. The van der Waals surface area contributed by atoms with E-state index < -0.39 is 82.8 Å². The SMILES string of the molecule is CC#CCOc1ccc(C[C@H](NC(=O)[C@@H](C=CCCCCCCC(=O)CCCCCCC)[C@@](O)(C(=O)O)C(Cc2oc(=O)oc2C)(Cc2oc(=O)oc2C)C(=O)O)C(=O)OC)cc1. The summed E-state index contributed by atoms with van der Waals surface area (Å²) in [4.78, 5) is 91.8. The smallest absolute Gasteiger partial charge is 0.481 e. The number of allylic oxidation sites excluding steroid dienone is 1. The van der Waals surface area contributed by atoms with Crippen LogP contribution in [-0.4, -0.2) is 70.3 Å². The quantitative estimate of drug-likeness (QED) is 0.0277. The van der Waals surface area contributed by atoms with Crippen LogP contribution >= 0.6 is 0 Å². The van der Waals surface area contributed by atoms with Crippen LogP contribution in [0.5, 0.6) is 5.75 Å². The fourth-order valence-electron chi connectivity index (χ4n) is 7.28. The molecule has 0 saturated heterocycles. The van der Waals surface area contributed by atoms with Crippen molar-refractivity contribution in [2.75, 3.05) is 13.7 Å². The Morgan fingerprint density at radius 2 is 1.37 bits per heavy atom. The molecule has 2 aromatic heterocycles. The lowest BCUT2D eigenvalue weighted by Gasteiger charge is -2.43. The van der Waals surface area contributed by atoms with Gasteiger partial charge in [0.05, 0.1) is 13.0 Å². The summed E-state index contributed by atoms with van der Waals surface area (Å²) in [5.41, 5.74) is -6.24. The third kappa shape index (κ3) is 14.5. The number of nitrogens with one attached hydrogen (secondary N) is 1. The number of aryl methyl sites for hydroxylation is 2. The van der Waals surface area contributed by atoms with Crippen molar-refractivity contribution in [2.24, 2.45) is 11.3 Å². The second-order valence-electron chi connectivity index (χ2n) is 15.4. The van der Waals surface area contributed by atoms with Crippen molar-refractivity contribution in [3.05, 3.63) is 86.3 Å². The number of carbonyl (C=O) groups excluding carboxylic acids is 3. The Balaban J connectivity index is 2.04. The van der Waals surface area contributed by atoms with Gasteiger partial charge in [-0.15, -0.1) is 5.92 Å². The molecule has 0 fully saturated rings. The Kier molecular flexibility index (Phi) is 20.4. The first-order valence-electron chi connectivity index (χ1n) is 21.1. The minimum absolute atomic E-state index is 0.134. The lowest BCUT2D eigenvalue weighted by molar-refractivity contribution is -0.199. The van der Waals surface area contributed by atoms with Crippen LogP contribution in [0, 0.1) is 37.0 Å². The van der Waals surface area contributed by atoms with Gasteiger partial charge in [0.15, 0.2) is 17.1 Å². The Bertz CT molecular complexity index is 2140. The Morgan fingerprint density at radius 1 is 0.810 bits per heavy atom. The second-order valence-corrected chi connectivity index (χ2v) is 15.4. The van der Waals surface area contributed by atoms with Crippen molar-refractivity contribution in [1.29, 1.82) is 0 Å². The lowest BCUT2D eigenvalue weighted by atomic mass is 9.60. The monoisotopic (exact) mass is 881 g/mol. The molecule has 1 aromatic carbocycles. The number of rotatable bonds is 29. The maximum atomic E-state index is 14.6. The molecule has 63 heavy (non-hydrogen) atoms. The number of hydrogen-bond acceptors (Lipinski definition) is 14. The summed E-state index contributed by atoms with van der Waals surface area (Å²) in [6.07, 6.45) is 9.17. The van der Waals surface area contributed by atoms with Crippen LogP contribution in [0.25, 0.3) is 0 Å². The van der Waals surface area contributed by atoms with E-state index in [1.165, 1.54) is 19.9 Å². The van der Waals surface area contributed by atoms with E-state index in [1.54, 1.807) is 31.2 Å². The molecule has 0 spiro atoms. The highest BCUT2D eigenvalue weighted by molar-refractivity contribution is 5.97. The first kappa shape index (κ1) is 51.2. The predicted octanol–water partition coefficient (Wildman–Crippen LogP) is 5.81. The van der Waals surface area contributed by atoms with Gasteiger partial charge in [0.1, 0.15) is 41.1 Å². The Hall–Kier alpha value is -6.15. The Morgan fingerprint density at radius 3 is 1.84 bits per heavy atom. The minimum atomic E-state index is -3.66. The standard InChI is InChI=1S/C46H59NO16/c1-6-8-10-13-16-19-33(48)20-17-14-11-12-15-18-21-35(39(49)47-36(40(50)58-5)27-32-22-24-34(25-23-32)59-26-9-7-2)46(57,42(53)54)45(41(51)52,28-37-30(3)60-43(55)62-37)29-38-31(4)61-44(56)63-38/h18,21-25,35-36,57H,6,8,10-17,19-20,26-29H2,1-5H3,(H,47,49)(H,51,52)(H,53,54)/t35-,36+,46-/m1/s1. The number of carboxylic acid groups (broad SMARTS) is 2. The number of methoxy groups -OCH3 is 1. The molecule has 2 heterocycles. The summed E-state index contributed by atoms with van der Waals surface area (Å²) in [7, 11) is 1.07. The third-order valence-corrected chi connectivity index (χ3v) is 10.9. The van der Waals surface area contributed by atoms with E-state index in [4.69, 9.17) is 27.1 Å². The summed E-state index contributed by atoms with van der Waals surface area (Å²) >= 11 is 0. The number of carbonyl (C=O) groups is 5. The molecular weight excluding hydrogens is 822 g/mol. The number of amides is 1. The topological polar surface area (TPSA) is 263 Å². The summed E-state index contributed by atoms with van der Waals surface area (Å²) < 4.78 is 30.5. The molecule has 4 N–H and O–H groups in total. The molecule has 0 radical (unpaired) electrons. The summed E-state index contributed by atoms with van der Waals surface area (Å²) in [5.74, 6) is -6.57. The molecule has 17 nitrogen and oxygen atoms in total. The molecule has 0 aliphatic heterocycles. The number of aliphatic hydroxyl groups is 1. The molecule has 0 aliphatic rings. The highest BCUT2D eigenvalue weighted by Gasteiger charge is 2.67. The van der Waals surface area contributed by atoms with Crippen molar-refractivity contribution < 1.29 is 66.4 Å². The zero-order valence-electron chi connectivity index (χ0n) is 36.6. The average Bonchev–Trinajstić information content (AvgIpc) is 3.74. The first-order chi connectivity index (χ1) is 30.0. The van der Waals surface area contributed by atoms with Crippen LogP contribution in [0.1, 0.15) is 120 Å². The number of hydrogen-bond donors (Lipinski definition) is 4. The number of Topliss-reactive ketones (excluding diaryl/α,β-unsaturated/α-hetero) is 1. The van der Waals surface area contributed by atoms with Crippen molar-refractivity contribution in [3.8, 4) is 17.6 Å². The normalized spacial score (nSPS) is 13.4. The molecule has 3 rings (SSSR count). The maximum Gasteiger partial charge on any atom is 0.519 e. The molecule has 0 saturated carbocycles. The maximum absolute atomic E-state index is 14.6. The zero-order chi connectivity index (χ0) is 46.6. The molecule has 0 aliphatic carbocycles. The number of aliphatic carboxylic acids is 2. The van der Waals surface area contributed by atoms with Gasteiger partial charge in [0.25, 0.3) is 0 Å². The van der Waals surface area contributed by atoms with E-state index >= 15 is 0 Å². The Labute approximate surface area is 365 Å². The van der Waals surface area contributed by atoms with Crippen molar-refractivity contribution in [2.45, 2.75) is 136 Å². The van der Waals surface area contributed by atoms with Gasteiger partial charge < -0.3 is 47.8 Å². The summed E-state index contributed by atoms with van der Waals surface area (Å²) in [6.45, 7) is 6.41. The van der Waals surface area contributed by atoms with Crippen LogP contribution in [0.2, 0.25) is 0 Å². The van der Waals surface area contributed by atoms with Crippen LogP contribution < -0.4 is 21.7 Å². The van der Waals surface area contributed by atoms with Gasteiger partial charge in [-0.2, -0.15) is 0 Å². The van der Waals surface area contributed by atoms with Crippen LogP contribution in [0.4, 0.5) is 0 Å². The van der Waals surface area contributed by atoms with Crippen LogP contribution in [0.3, 0.4) is 0 Å². The van der Waals surface area contributed by atoms with Gasteiger partial charge in [-0.25, -0.2) is 19.2 Å². The van der Waals surface area contributed by atoms with E-state index in [0.29, 0.717) is 49.8 Å². The molecule has 1 amide bonds. The number of ether oxygens (including phenoxy) is 2. The van der Waals surface area contributed by atoms with E-state index in [-0.39, 0.29) is 36.8 Å². The third-order valence-electron chi connectivity index (χ3n) is 10.9. The number of benzene rings is 1. The molecule has 0 bridgehead atoms. The van der Waals surface area contributed by atoms with Gasteiger partial charge >= 0.3 is 29.6 Å². The van der Waals surface area contributed by atoms with E-state index in [1.807, 2.05) is 0 Å². The largest absolute Gasteiger partial charge is 0.519 e. The van der Waals surface area contributed by atoms with Crippen molar-refractivity contribution in [3.63, 3.8) is 0 Å². The molecule has 3 atom stereocenters. The summed E-state index contributed by atoms with van der Waals surface area (Å²) in [5, 5.41) is 37.2. The molecular formula is C46H59NO16. The van der Waals surface area contributed by atoms with Crippen molar-refractivity contribution >= 4 is 29.6 Å². The fourth-order valence-corrected chi connectivity index (χ4v) is 7.28. The van der Waals surface area contributed by atoms with Gasteiger partial charge in [0, 0.05) is 32.1 Å². The number of ketones is 1. The van der Waals surface area contributed by atoms with Gasteiger partial charge in [-0.1, -0.05) is 75.7 Å². The lowest BCUT2D eigenvalue weighted by Crippen LogP contribution is -2.67. The van der Waals surface area contributed by atoms with Crippen LogP contribution in [0.15, 0.2) is 63.7 Å². The number of carboxylic acids is 2. The molecule has 3 aromatic rings. The highest BCUT2D eigenvalue weighted by Crippen LogP contribution is 2.46. The molecule has 17 heteroatoms. The van der Waals surface area contributed by atoms with Crippen LogP contribution in [-0.2, 0) is 48.0 Å². The van der Waals surface area contributed by atoms with E-state index in [0.717, 1.165) is 45.3 Å². The van der Waals surface area contributed by atoms with Gasteiger partial charge in [-0.05, 0) is 64.2 Å². The number of esters is 1. The fraction of sp³-hybridized carbons (Fsp3) is 0.543.